The largest absolute Gasteiger partial charge is 0.358 e. The molecule has 2 heterocycles. The highest BCUT2D eigenvalue weighted by molar-refractivity contribution is 7.97. The molecule has 0 saturated carbocycles. The van der Waals surface area contributed by atoms with Crippen LogP contribution in [-0.4, -0.2) is 14.1 Å². The standard InChI is InChI=1S/C7H6N2O2S/c10-12(11)4-1-6-7(5-12)9-3-2-8-6/h1-5,9H. The lowest BCUT2D eigenvalue weighted by molar-refractivity contribution is 0.612. The van der Waals surface area contributed by atoms with Crippen LogP contribution in [0.1, 0.15) is 0 Å². The van der Waals surface area contributed by atoms with Gasteiger partial charge in [-0.05, 0) is 6.08 Å². The number of nitrogens with one attached hydrogen (secondary N) is 1. The molecule has 0 amide bonds. The topological polar surface area (TPSA) is 58.5 Å². The molecule has 0 fully saturated rings. The second kappa shape index (κ2) is 2.31. The first-order chi connectivity index (χ1) is 5.67. The van der Waals surface area contributed by atoms with Crippen molar-refractivity contribution in [2.45, 2.75) is 0 Å². The normalized spacial score (nSPS) is 23.7. The molecule has 2 aliphatic heterocycles. The van der Waals surface area contributed by atoms with Crippen molar-refractivity contribution in [1.82, 2.24) is 5.32 Å². The maximum atomic E-state index is 11.0. The van der Waals surface area contributed by atoms with Gasteiger partial charge in [-0.2, -0.15) is 0 Å². The van der Waals surface area contributed by atoms with Crippen LogP contribution < -0.4 is 5.32 Å². The summed E-state index contributed by atoms with van der Waals surface area (Å²) in [7, 11) is -3.17. The first kappa shape index (κ1) is 7.30. The summed E-state index contributed by atoms with van der Waals surface area (Å²) in [4.78, 5) is 3.97. The molecular formula is C7H6N2O2S. The van der Waals surface area contributed by atoms with Crippen molar-refractivity contribution in [1.29, 1.82) is 0 Å². The second-order valence-electron chi connectivity index (χ2n) is 2.40. The monoisotopic (exact) mass is 182 g/mol. The van der Waals surface area contributed by atoms with Gasteiger partial charge in [-0.1, -0.05) is 0 Å². The second-order valence-corrected chi connectivity index (χ2v) is 4.08. The molecule has 0 unspecified atom stereocenters. The van der Waals surface area contributed by atoms with Crippen molar-refractivity contribution in [3.63, 3.8) is 0 Å². The summed E-state index contributed by atoms with van der Waals surface area (Å²) in [5.41, 5.74) is 1.17. The van der Waals surface area contributed by atoms with Crippen LogP contribution in [0.2, 0.25) is 0 Å². The third kappa shape index (κ3) is 1.18. The van der Waals surface area contributed by atoms with Gasteiger partial charge < -0.3 is 5.32 Å². The Labute approximate surface area is 69.9 Å². The number of aliphatic imine (C=N–C) groups is 1. The van der Waals surface area contributed by atoms with Crippen LogP contribution in [0.25, 0.3) is 0 Å². The molecule has 1 N–H and O–H groups in total. The van der Waals surface area contributed by atoms with E-state index in [2.05, 4.69) is 10.3 Å². The van der Waals surface area contributed by atoms with E-state index in [1.165, 1.54) is 6.08 Å². The van der Waals surface area contributed by atoms with Crippen LogP contribution in [-0.2, 0) is 9.84 Å². The lowest BCUT2D eigenvalue weighted by Crippen LogP contribution is -2.20. The minimum absolute atomic E-state index is 0.528. The number of fused-ring (bicyclic) bond motifs is 1. The molecule has 0 aliphatic carbocycles. The molecular weight excluding hydrogens is 176 g/mol. The van der Waals surface area contributed by atoms with Crippen molar-refractivity contribution in [2.24, 2.45) is 4.99 Å². The zero-order chi connectivity index (χ0) is 8.60. The Bertz CT molecular complexity index is 426. The van der Waals surface area contributed by atoms with E-state index in [4.69, 9.17) is 0 Å². The van der Waals surface area contributed by atoms with E-state index >= 15 is 0 Å². The molecule has 0 saturated heterocycles. The van der Waals surface area contributed by atoms with Gasteiger partial charge in [0.1, 0.15) is 0 Å². The molecule has 5 heteroatoms. The SMILES string of the molecule is O=S1(=O)C=CC2=NC=CNC2=C1. The number of nitrogens with zero attached hydrogens (tertiary/aromatic N) is 1. The third-order valence-electron chi connectivity index (χ3n) is 1.50. The number of sulfone groups is 1. The predicted octanol–water partition coefficient (Wildman–Crippen LogP) is 0.285. The summed E-state index contributed by atoms with van der Waals surface area (Å²) in [5.74, 6) is 0. The molecule has 0 aromatic heterocycles. The number of hydrogen-bond acceptors (Lipinski definition) is 4. The van der Waals surface area contributed by atoms with E-state index < -0.39 is 9.84 Å². The number of hydrogen-bond donors (Lipinski definition) is 1. The molecule has 0 aromatic carbocycles. The van der Waals surface area contributed by atoms with E-state index in [1.54, 1.807) is 12.4 Å². The van der Waals surface area contributed by atoms with E-state index in [9.17, 15) is 8.42 Å². The molecule has 12 heavy (non-hydrogen) atoms. The Hall–Kier alpha value is -1.36. The summed E-state index contributed by atoms with van der Waals surface area (Å²) in [6.07, 6.45) is 4.64. The molecule has 0 bridgehead atoms. The minimum atomic E-state index is -3.17. The Balaban J connectivity index is 2.54. The van der Waals surface area contributed by atoms with Gasteiger partial charge in [0.25, 0.3) is 0 Å². The Morgan fingerprint density at radius 1 is 1.42 bits per heavy atom. The fourth-order valence-electron chi connectivity index (χ4n) is 0.978. The molecule has 0 atom stereocenters. The van der Waals surface area contributed by atoms with Crippen LogP contribution in [0.15, 0.2) is 40.0 Å². The van der Waals surface area contributed by atoms with E-state index in [0.29, 0.717) is 11.4 Å². The van der Waals surface area contributed by atoms with Gasteiger partial charge >= 0.3 is 0 Å². The molecule has 0 aromatic rings. The van der Waals surface area contributed by atoms with Crippen molar-refractivity contribution >= 4 is 15.5 Å². The molecule has 4 nitrogen and oxygen atoms in total. The molecule has 62 valence electrons. The molecule has 0 radical (unpaired) electrons. The predicted molar refractivity (Wildman–Crippen MR) is 45.9 cm³/mol. The summed E-state index contributed by atoms with van der Waals surface area (Å²) in [5, 5.41) is 5.09. The van der Waals surface area contributed by atoms with Gasteiger partial charge in [-0.25, -0.2) is 8.42 Å². The Morgan fingerprint density at radius 2 is 2.25 bits per heavy atom. The van der Waals surface area contributed by atoms with Gasteiger partial charge in [0.15, 0.2) is 9.84 Å². The maximum Gasteiger partial charge on any atom is 0.195 e. The average molecular weight is 182 g/mol. The van der Waals surface area contributed by atoms with Gasteiger partial charge in [-0.15, -0.1) is 0 Å². The number of rotatable bonds is 0. The fourth-order valence-corrected chi connectivity index (χ4v) is 1.89. The highest BCUT2D eigenvalue weighted by atomic mass is 32.2. The van der Waals surface area contributed by atoms with Crippen molar-refractivity contribution in [3.8, 4) is 0 Å². The van der Waals surface area contributed by atoms with Crippen LogP contribution >= 0.6 is 0 Å². The van der Waals surface area contributed by atoms with E-state index in [1.807, 2.05) is 0 Å². The first-order valence-corrected chi connectivity index (χ1v) is 4.93. The minimum Gasteiger partial charge on any atom is -0.358 e. The van der Waals surface area contributed by atoms with Crippen molar-refractivity contribution < 1.29 is 8.42 Å². The van der Waals surface area contributed by atoms with Gasteiger partial charge in [0, 0.05) is 17.8 Å². The van der Waals surface area contributed by atoms with Crippen LogP contribution in [0, 0.1) is 0 Å². The third-order valence-corrected chi connectivity index (χ3v) is 2.58. The maximum absolute atomic E-state index is 11.0. The Morgan fingerprint density at radius 3 is 3.08 bits per heavy atom. The zero-order valence-corrected chi connectivity index (χ0v) is 6.88. The first-order valence-electron chi connectivity index (χ1n) is 3.32. The Kier molecular flexibility index (Phi) is 1.41. The van der Waals surface area contributed by atoms with E-state index in [-0.39, 0.29) is 0 Å². The molecule has 2 rings (SSSR count). The fraction of sp³-hybridized carbons (Fsp3) is 0. The highest BCUT2D eigenvalue weighted by Gasteiger charge is 2.15. The summed E-state index contributed by atoms with van der Waals surface area (Å²) in [6.45, 7) is 0. The number of allylic oxidation sites excluding steroid dienone is 1. The lowest BCUT2D eigenvalue weighted by Gasteiger charge is -2.12. The molecule has 2 aliphatic rings. The van der Waals surface area contributed by atoms with E-state index in [0.717, 1.165) is 10.8 Å². The average Bonchev–Trinajstić information content (AvgIpc) is 2.02. The van der Waals surface area contributed by atoms with Gasteiger partial charge in [-0.3, -0.25) is 4.99 Å². The summed E-state index contributed by atoms with van der Waals surface area (Å²) in [6, 6.07) is 0. The van der Waals surface area contributed by atoms with Gasteiger partial charge in [0.2, 0.25) is 0 Å². The van der Waals surface area contributed by atoms with Gasteiger partial charge in [0.05, 0.1) is 16.8 Å². The van der Waals surface area contributed by atoms with Crippen molar-refractivity contribution in [2.75, 3.05) is 0 Å². The van der Waals surface area contributed by atoms with Crippen LogP contribution in [0.3, 0.4) is 0 Å². The highest BCUT2D eigenvalue weighted by Crippen LogP contribution is 2.12. The quantitative estimate of drug-likeness (QED) is 0.585. The summed E-state index contributed by atoms with van der Waals surface area (Å²) < 4.78 is 22.0. The zero-order valence-electron chi connectivity index (χ0n) is 6.06. The summed E-state index contributed by atoms with van der Waals surface area (Å²) >= 11 is 0. The van der Waals surface area contributed by atoms with Crippen molar-refractivity contribution in [3.05, 3.63) is 35.0 Å². The van der Waals surface area contributed by atoms with Crippen LogP contribution in [0.4, 0.5) is 0 Å². The lowest BCUT2D eigenvalue weighted by atomic mass is 10.2. The smallest absolute Gasteiger partial charge is 0.195 e. The van der Waals surface area contributed by atoms with Crippen LogP contribution in [0.5, 0.6) is 0 Å². The molecule has 0 spiro atoms.